The molecule has 0 amide bonds. The van der Waals surface area contributed by atoms with E-state index in [9.17, 15) is 4.79 Å². The van der Waals surface area contributed by atoms with Gasteiger partial charge in [0.2, 0.25) is 0 Å². The zero-order chi connectivity index (χ0) is 9.86. The Labute approximate surface area is 84.2 Å². The molecule has 0 radical (unpaired) electrons. The highest BCUT2D eigenvalue weighted by atomic mass is 16.5. The number of morpholine rings is 1. The summed E-state index contributed by atoms with van der Waals surface area (Å²) in [4.78, 5) is 13.4. The van der Waals surface area contributed by atoms with E-state index < -0.39 is 0 Å². The highest BCUT2D eigenvalue weighted by Gasteiger charge is 2.36. The zero-order valence-electron chi connectivity index (χ0n) is 8.41. The predicted octanol–water partition coefficient (Wildman–Crippen LogP) is -0.0758. The average molecular weight is 199 g/mol. The summed E-state index contributed by atoms with van der Waals surface area (Å²) in [6.07, 6.45) is 1.95. The molecule has 0 aromatic heterocycles. The minimum absolute atomic E-state index is 0.239. The molecule has 2 rings (SSSR count). The van der Waals surface area contributed by atoms with Crippen molar-refractivity contribution < 1.29 is 14.3 Å². The van der Waals surface area contributed by atoms with Crippen molar-refractivity contribution in [3.05, 3.63) is 0 Å². The molecule has 80 valence electrons. The molecule has 2 heterocycles. The molecular formula is C10H17NO3. The summed E-state index contributed by atoms with van der Waals surface area (Å²) >= 11 is 0. The molecule has 4 nitrogen and oxygen atoms in total. The summed E-state index contributed by atoms with van der Waals surface area (Å²) in [7, 11) is 0. The lowest BCUT2D eigenvalue weighted by molar-refractivity contribution is -0.118. The number of ether oxygens (including phenoxy) is 2. The van der Waals surface area contributed by atoms with Gasteiger partial charge in [-0.05, 0) is 6.42 Å². The number of nitrogens with zero attached hydrogens (tertiary/aromatic N) is 1. The van der Waals surface area contributed by atoms with E-state index in [0.717, 1.165) is 52.2 Å². The largest absolute Gasteiger partial charge is 0.380 e. The quantitative estimate of drug-likeness (QED) is 0.596. The van der Waals surface area contributed by atoms with Crippen LogP contribution in [0.25, 0.3) is 0 Å². The van der Waals surface area contributed by atoms with E-state index in [2.05, 4.69) is 4.90 Å². The van der Waals surface area contributed by atoms with Crippen LogP contribution in [-0.4, -0.2) is 57.2 Å². The Balaban J connectivity index is 1.89. The van der Waals surface area contributed by atoms with Gasteiger partial charge in [-0.15, -0.1) is 0 Å². The summed E-state index contributed by atoms with van der Waals surface area (Å²) in [6, 6.07) is 0. The van der Waals surface area contributed by atoms with Crippen molar-refractivity contribution in [1.82, 2.24) is 4.90 Å². The molecule has 2 aliphatic rings. The summed E-state index contributed by atoms with van der Waals surface area (Å²) in [5, 5.41) is 0. The van der Waals surface area contributed by atoms with Crippen molar-refractivity contribution in [2.75, 3.05) is 46.1 Å². The Hall–Kier alpha value is -0.450. The maximum atomic E-state index is 11.1. The topological polar surface area (TPSA) is 38.8 Å². The Morgan fingerprint density at radius 3 is 2.57 bits per heavy atom. The molecule has 14 heavy (non-hydrogen) atoms. The molecule has 2 aliphatic heterocycles. The third-order valence-electron chi connectivity index (χ3n) is 3.03. The van der Waals surface area contributed by atoms with Crippen molar-refractivity contribution in [1.29, 1.82) is 0 Å². The van der Waals surface area contributed by atoms with Gasteiger partial charge in [-0.25, -0.2) is 0 Å². The first-order chi connectivity index (χ1) is 6.85. The molecule has 1 atom stereocenters. The average Bonchev–Trinajstić information content (AvgIpc) is 2.69. The summed E-state index contributed by atoms with van der Waals surface area (Å²) < 4.78 is 10.6. The molecule has 0 bridgehead atoms. The van der Waals surface area contributed by atoms with Crippen LogP contribution in [0.4, 0.5) is 0 Å². The molecule has 0 aliphatic carbocycles. The summed E-state index contributed by atoms with van der Waals surface area (Å²) in [6.45, 7) is 5.60. The summed E-state index contributed by atoms with van der Waals surface area (Å²) in [5.41, 5.74) is -0.239. The van der Waals surface area contributed by atoms with Crippen LogP contribution in [0.2, 0.25) is 0 Å². The van der Waals surface area contributed by atoms with Crippen molar-refractivity contribution in [2.24, 2.45) is 5.41 Å². The van der Waals surface area contributed by atoms with Gasteiger partial charge in [-0.1, -0.05) is 0 Å². The number of aldehydes is 1. The van der Waals surface area contributed by atoms with E-state index >= 15 is 0 Å². The number of rotatable bonds is 3. The number of carbonyl (C=O) groups is 1. The Morgan fingerprint density at radius 1 is 1.21 bits per heavy atom. The predicted molar refractivity (Wildman–Crippen MR) is 51.2 cm³/mol. The third kappa shape index (κ3) is 2.13. The molecule has 0 spiro atoms. The SMILES string of the molecule is O=CC1(CN2CCOCC2)CCOC1. The second-order valence-corrected chi connectivity index (χ2v) is 4.17. The van der Waals surface area contributed by atoms with Gasteiger partial charge in [-0.2, -0.15) is 0 Å². The van der Waals surface area contributed by atoms with Gasteiger partial charge in [0, 0.05) is 26.2 Å². The fourth-order valence-electron chi connectivity index (χ4n) is 2.08. The van der Waals surface area contributed by atoms with Crippen LogP contribution in [0.3, 0.4) is 0 Å². The van der Waals surface area contributed by atoms with E-state index in [1.807, 2.05) is 0 Å². The molecule has 2 saturated heterocycles. The van der Waals surface area contributed by atoms with E-state index in [1.54, 1.807) is 0 Å². The highest BCUT2D eigenvalue weighted by Crippen LogP contribution is 2.27. The Morgan fingerprint density at radius 2 is 2.00 bits per heavy atom. The van der Waals surface area contributed by atoms with Gasteiger partial charge < -0.3 is 14.3 Å². The fraction of sp³-hybridized carbons (Fsp3) is 0.900. The first-order valence-corrected chi connectivity index (χ1v) is 5.19. The molecule has 1 unspecified atom stereocenters. The lowest BCUT2D eigenvalue weighted by atomic mass is 9.88. The van der Waals surface area contributed by atoms with Gasteiger partial charge in [0.05, 0.1) is 25.2 Å². The Bertz CT molecular complexity index is 196. The minimum atomic E-state index is -0.239. The van der Waals surface area contributed by atoms with Crippen LogP contribution in [0.5, 0.6) is 0 Å². The van der Waals surface area contributed by atoms with Crippen molar-refractivity contribution in [2.45, 2.75) is 6.42 Å². The monoisotopic (exact) mass is 199 g/mol. The van der Waals surface area contributed by atoms with Crippen LogP contribution in [0.15, 0.2) is 0 Å². The van der Waals surface area contributed by atoms with Crippen molar-refractivity contribution in [3.63, 3.8) is 0 Å². The molecule has 0 saturated carbocycles. The van der Waals surface area contributed by atoms with Crippen LogP contribution < -0.4 is 0 Å². The lowest BCUT2D eigenvalue weighted by Crippen LogP contribution is -2.44. The Kier molecular flexibility index (Phi) is 3.15. The standard InChI is InChI=1S/C10H17NO3/c12-8-10(1-4-14-9-10)7-11-2-5-13-6-3-11/h8H,1-7,9H2. The van der Waals surface area contributed by atoms with Gasteiger partial charge in [0.25, 0.3) is 0 Å². The van der Waals surface area contributed by atoms with E-state index in [0.29, 0.717) is 6.61 Å². The van der Waals surface area contributed by atoms with Gasteiger partial charge >= 0.3 is 0 Å². The maximum absolute atomic E-state index is 11.1. The molecule has 0 aromatic rings. The fourth-order valence-corrected chi connectivity index (χ4v) is 2.08. The summed E-state index contributed by atoms with van der Waals surface area (Å²) in [5.74, 6) is 0. The molecule has 4 heteroatoms. The van der Waals surface area contributed by atoms with Crippen molar-refractivity contribution in [3.8, 4) is 0 Å². The van der Waals surface area contributed by atoms with Gasteiger partial charge in [0.1, 0.15) is 6.29 Å². The molecule has 2 fully saturated rings. The van der Waals surface area contributed by atoms with Crippen molar-refractivity contribution >= 4 is 6.29 Å². The smallest absolute Gasteiger partial charge is 0.129 e. The second-order valence-electron chi connectivity index (χ2n) is 4.17. The van der Waals surface area contributed by atoms with Crippen LogP contribution in [0.1, 0.15) is 6.42 Å². The van der Waals surface area contributed by atoms with Crippen LogP contribution in [-0.2, 0) is 14.3 Å². The van der Waals surface area contributed by atoms with Gasteiger partial charge in [0.15, 0.2) is 0 Å². The number of hydrogen-bond donors (Lipinski definition) is 0. The van der Waals surface area contributed by atoms with E-state index in [4.69, 9.17) is 9.47 Å². The molecular weight excluding hydrogens is 182 g/mol. The van der Waals surface area contributed by atoms with Crippen LogP contribution in [0, 0.1) is 5.41 Å². The maximum Gasteiger partial charge on any atom is 0.129 e. The molecule has 0 N–H and O–H groups in total. The van der Waals surface area contributed by atoms with E-state index in [-0.39, 0.29) is 5.41 Å². The first kappa shape index (κ1) is 10.1. The highest BCUT2D eigenvalue weighted by molar-refractivity contribution is 5.60. The lowest BCUT2D eigenvalue weighted by Gasteiger charge is -2.32. The number of hydrogen-bond acceptors (Lipinski definition) is 4. The van der Waals surface area contributed by atoms with Gasteiger partial charge in [-0.3, -0.25) is 4.90 Å². The second kappa shape index (κ2) is 4.38. The number of carbonyl (C=O) groups excluding carboxylic acids is 1. The third-order valence-corrected chi connectivity index (χ3v) is 3.03. The van der Waals surface area contributed by atoms with Crippen LogP contribution >= 0.6 is 0 Å². The minimum Gasteiger partial charge on any atom is -0.380 e. The van der Waals surface area contributed by atoms with E-state index in [1.165, 1.54) is 0 Å². The zero-order valence-corrected chi connectivity index (χ0v) is 8.41. The normalized spacial score (nSPS) is 34.6. The molecule has 0 aromatic carbocycles. The first-order valence-electron chi connectivity index (χ1n) is 5.19.